The molecule has 1 aromatic carbocycles. The molecule has 100 valence electrons. The second-order valence-corrected chi connectivity index (χ2v) is 4.39. The summed E-state index contributed by atoms with van der Waals surface area (Å²) in [6.45, 7) is 2.48. The first kappa shape index (κ1) is 13.0. The predicted octanol–water partition coefficient (Wildman–Crippen LogP) is 0.475. The zero-order valence-corrected chi connectivity index (χ0v) is 10.4. The fraction of sp³-hybridized carbons (Fsp3) is 0.333. The SMILES string of the molecule is Cc1cc(C(=O)N2CCNC(=O)C2)cc([N+](=O)[O-])c1. The van der Waals surface area contributed by atoms with E-state index in [0.29, 0.717) is 18.7 Å². The van der Waals surface area contributed by atoms with E-state index >= 15 is 0 Å². The Bertz CT molecular complexity index is 556. The van der Waals surface area contributed by atoms with Gasteiger partial charge in [0.2, 0.25) is 5.91 Å². The molecule has 1 aliphatic rings. The van der Waals surface area contributed by atoms with E-state index in [1.807, 2.05) is 0 Å². The fourth-order valence-corrected chi connectivity index (χ4v) is 1.99. The molecule has 1 saturated heterocycles. The van der Waals surface area contributed by atoms with Crippen LogP contribution in [-0.4, -0.2) is 41.3 Å². The number of benzene rings is 1. The number of piperazine rings is 1. The van der Waals surface area contributed by atoms with Crippen LogP contribution in [0.5, 0.6) is 0 Å². The van der Waals surface area contributed by atoms with Gasteiger partial charge in [0.05, 0.1) is 11.5 Å². The summed E-state index contributed by atoms with van der Waals surface area (Å²) in [6, 6.07) is 4.23. The minimum Gasteiger partial charge on any atom is -0.353 e. The molecule has 2 amide bonds. The summed E-state index contributed by atoms with van der Waals surface area (Å²) in [5.41, 5.74) is 0.755. The number of amides is 2. The Morgan fingerprint density at radius 3 is 2.79 bits per heavy atom. The molecule has 2 rings (SSSR count). The smallest absolute Gasteiger partial charge is 0.270 e. The van der Waals surface area contributed by atoms with Crippen LogP contribution in [0.3, 0.4) is 0 Å². The standard InChI is InChI=1S/C12H13N3O4/c1-8-4-9(6-10(5-8)15(18)19)12(17)14-3-2-13-11(16)7-14/h4-6H,2-3,7H2,1H3,(H,13,16). The monoisotopic (exact) mass is 263 g/mol. The van der Waals surface area contributed by atoms with Gasteiger partial charge in [-0.2, -0.15) is 0 Å². The molecule has 0 spiro atoms. The Labute approximate surface area is 109 Å². The third kappa shape index (κ3) is 2.87. The van der Waals surface area contributed by atoms with Crippen LogP contribution in [0.15, 0.2) is 18.2 Å². The van der Waals surface area contributed by atoms with Crippen LogP contribution in [0.2, 0.25) is 0 Å². The van der Waals surface area contributed by atoms with E-state index in [1.165, 1.54) is 17.0 Å². The number of nitro benzene ring substituents is 1. The highest BCUT2D eigenvalue weighted by atomic mass is 16.6. The lowest BCUT2D eigenvalue weighted by Crippen LogP contribution is -2.49. The van der Waals surface area contributed by atoms with Crippen molar-refractivity contribution in [3.8, 4) is 0 Å². The van der Waals surface area contributed by atoms with Crippen LogP contribution in [0.25, 0.3) is 0 Å². The molecule has 0 aliphatic carbocycles. The van der Waals surface area contributed by atoms with Gasteiger partial charge in [-0.15, -0.1) is 0 Å². The molecule has 19 heavy (non-hydrogen) atoms. The molecule has 1 aromatic rings. The van der Waals surface area contributed by atoms with Gasteiger partial charge in [-0.1, -0.05) is 0 Å². The zero-order valence-electron chi connectivity index (χ0n) is 10.4. The number of non-ortho nitro benzene ring substituents is 1. The van der Waals surface area contributed by atoms with Crippen molar-refractivity contribution in [3.05, 3.63) is 39.4 Å². The van der Waals surface area contributed by atoms with Gasteiger partial charge in [0, 0.05) is 30.8 Å². The minimum atomic E-state index is -0.535. The second kappa shape index (κ2) is 5.05. The molecule has 0 unspecified atom stereocenters. The Morgan fingerprint density at radius 2 is 2.16 bits per heavy atom. The fourth-order valence-electron chi connectivity index (χ4n) is 1.99. The normalized spacial score (nSPS) is 15.0. The Morgan fingerprint density at radius 1 is 1.42 bits per heavy atom. The number of aryl methyl sites for hydroxylation is 1. The first-order chi connectivity index (χ1) is 8.97. The minimum absolute atomic E-state index is 0.0133. The lowest BCUT2D eigenvalue weighted by atomic mass is 10.1. The Kier molecular flexibility index (Phi) is 3.46. The van der Waals surface area contributed by atoms with E-state index in [0.717, 1.165) is 0 Å². The van der Waals surface area contributed by atoms with E-state index in [4.69, 9.17) is 0 Å². The molecule has 1 aliphatic heterocycles. The molecule has 0 saturated carbocycles. The summed E-state index contributed by atoms with van der Waals surface area (Å²) < 4.78 is 0. The lowest BCUT2D eigenvalue weighted by Gasteiger charge is -2.26. The van der Waals surface area contributed by atoms with Gasteiger partial charge >= 0.3 is 0 Å². The highest BCUT2D eigenvalue weighted by Gasteiger charge is 2.23. The summed E-state index contributed by atoms with van der Waals surface area (Å²) in [7, 11) is 0. The average Bonchev–Trinajstić information content (AvgIpc) is 2.37. The summed E-state index contributed by atoms with van der Waals surface area (Å²) in [6.07, 6.45) is 0. The van der Waals surface area contributed by atoms with Crippen LogP contribution >= 0.6 is 0 Å². The predicted molar refractivity (Wildman–Crippen MR) is 66.7 cm³/mol. The van der Waals surface area contributed by atoms with E-state index in [-0.39, 0.29) is 29.6 Å². The molecule has 1 N–H and O–H groups in total. The maximum absolute atomic E-state index is 12.2. The molecule has 0 bridgehead atoms. The van der Waals surface area contributed by atoms with Gasteiger partial charge in [0.25, 0.3) is 11.6 Å². The highest BCUT2D eigenvalue weighted by molar-refractivity contribution is 5.97. The van der Waals surface area contributed by atoms with Crippen molar-refractivity contribution in [3.63, 3.8) is 0 Å². The third-order valence-electron chi connectivity index (χ3n) is 2.85. The molecule has 0 radical (unpaired) electrons. The second-order valence-electron chi connectivity index (χ2n) is 4.39. The first-order valence-corrected chi connectivity index (χ1v) is 5.79. The largest absolute Gasteiger partial charge is 0.353 e. The van der Waals surface area contributed by atoms with Crippen molar-refractivity contribution in [2.45, 2.75) is 6.92 Å². The van der Waals surface area contributed by atoms with E-state index in [1.54, 1.807) is 13.0 Å². The molecule has 0 atom stereocenters. The van der Waals surface area contributed by atoms with E-state index in [9.17, 15) is 19.7 Å². The summed E-state index contributed by atoms with van der Waals surface area (Å²) in [5.74, 6) is -0.580. The van der Waals surface area contributed by atoms with Crippen LogP contribution < -0.4 is 5.32 Å². The summed E-state index contributed by atoms with van der Waals surface area (Å²) in [5, 5.41) is 13.4. The molecule has 1 heterocycles. The number of hydrogen-bond donors (Lipinski definition) is 1. The van der Waals surface area contributed by atoms with E-state index in [2.05, 4.69) is 5.32 Å². The van der Waals surface area contributed by atoms with Crippen molar-refractivity contribution in [2.24, 2.45) is 0 Å². The number of nitrogens with one attached hydrogen (secondary N) is 1. The number of hydrogen-bond acceptors (Lipinski definition) is 4. The molecule has 7 nitrogen and oxygen atoms in total. The quantitative estimate of drug-likeness (QED) is 0.620. The van der Waals surface area contributed by atoms with Crippen LogP contribution in [-0.2, 0) is 4.79 Å². The van der Waals surface area contributed by atoms with Crippen molar-refractivity contribution in [2.75, 3.05) is 19.6 Å². The highest BCUT2D eigenvalue weighted by Crippen LogP contribution is 2.18. The van der Waals surface area contributed by atoms with Crippen molar-refractivity contribution in [1.29, 1.82) is 0 Å². The maximum Gasteiger partial charge on any atom is 0.270 e. The summed E-state index contributed by atoms with van der Waals surface area (Å²) >= 11 is 0. The van der Waals surface area contributed by atoms with Gasteiger partial charge in [-0.05, 0) is 18.6 Å². The van der Waals surface area contributed by atoms with Crippen LogP contribution in [0.4, 0.5) is 5.69 Å². The van der Waals surface area contributed by atoms with Crippen LogP contribution in [0.1, 0.15) is 15.9 Å². The molecule has 1 fully saturated rings. The topological polar surface area (TPSA) is 92.6 Å². The first-order valence-electron chi connectivity index (χ1n) is 5.79. The van der Waals surface area contributed by atoms with E-state index < -0.39 is 4.92 Å². The van der Waals surface area contributed by atoms with Gasteiger partial charge in [-0.25, -0.2) is 0 Å². The Hall–Kier alpha value is -2.44. The van der Waals surface area contributed by atoms with Crippen molar-refractivity contribution in [1.82, 2.24) is 10.2 Å². The molecule has 7 heteroatoms. The van der Waals surface area contributed by atoms with Gasteiger partial charge in [0.15, 0.2) is 0 Å². The maximum atomic E-state index is 12.2. The van der Waals surface area contributed by atoms with Crippen molar-refractivity contribution < 1.29 is 14.5 Å². The Balaban J connectivity index is 2.28. The van der Waals surface area contributed by atoms with Gasteiger partial charge < -0.3 is 10.2 Å². The third-order valence-corrected chi connectivity index (χ3v) is 2.85. The molecular weight excluding hydrogens is 250 g/mol. The zero-order chi connectivity index (χ0) is 14.0. The molecular formula is C12H13N3O4. The number of carbonyl (C=O) groups excluding carboxylic acids is 2. The van der Waals surface area contributed by atoms with Gasteiger partial charge in [0.1, 0.15) is 0 Å². The number of carbonyl (C=O) groups is 2. The van der Waals surface area contributed by atoms with Crippen LogP contribution in [0, 0.1) is 17.0 Å². The number of rotatable bonds is 2. The molecule has 0 aromatic heterocycles. The van der Waals surface area contributed by atoms with Crippen molar-refractivity contribution >= 4 is 17.5 Å². The average molecular weight is 263 g/mol. The number of nitro groups is 1. The van der Waals surface area contributed by atoms with Gasteiger partial charge in [-0.3, -0.25) is 19.7 Å². The summed E-state index contributed by atoms with van der Waals surface area (Å²) in [4.78, 5) is 35.1. The number of nitrogens with zero attached hydrogens (tertiary/aromatic N) is 2. The lowest BCUT2D eigenvalue weighted by molar-refractivity contribution is -0.384.